The Morgan fingerprint density at radius 3 is 2.67 bits per heavy atom. The van der Waals surface area contributed by atoms with Crippen LogP contribution in [0.3, 0.4) is 0 Å². The van der Waals surface area contributed by atoms with Gasteiger partial charge in [-0.3, -0.25) is 4.90 Å². The zero-order valence-electron chi connectivity index (χ0n) is 21.6. The molecule has 2 aliphatic rings. The highest BCUT2D eigenvalue weighted by Crippen LogP contribution is 2.37. The van der Waals surface area contributed by atoms with Crippen molar-refractivity contribution >= 4 is 38.3 Å². The standard InChI is InChI=1S/C27H27F3N8OS/c28-27(29,30)26-35-32-16-38(26)17-5-8-36(9-6-17)15-18-14-22-23(40-18)25(37-10-12-39-13-11-37)34-24(33-22)20-2-1-3-21-19(20)4-7-31-21/h1-4,7,14,16-17,31H,5-6,8-13,15H2. The van der Waals surface area contributed by atoms with Crippen molar-refractivity contribution in [3.05, 3.63) is 53.6 Å². The number of H-pyrrole nitrogens is 1. The molecule has 9 nitrogen and oxygen atoms in total. The number of thiophene rings is 1. The van der Waals surface area contributed by atoms with Crippen LogP contribution >= 0.6 is 11.3 Å². The summed E-state index contributed by atoms with van der Waals surface area (Å²) in [7, 11) is 0. The second-order valence-corrected chi connectivity index (χ2v) is 11.3. The average Bonchev–Trinajstić information content (AvgIpc) is 3.72. The number of hydrogen-bond donors (Lipinski definition) is 1. The first-order chi connectivity index (χ1) is 19.4. The van der Waals surface area contributed by atoms with E-state index >= 15 is 0 Å². The van der Waals surface area contributed by atoms with Crippen molar-refractivity contribution in [3.8, 4) is 11.4 Å². The molecule has 0 aliphatic carbocycles. The fraction of sp³-hybridized carbons (Fsp3) is 0.407. The molecule has 13 heteroatoms. The zero-order valence-corrected chi connectivity index (χ0v) is 22.4. The third-order valence-corrected chi connectivity index (χ3v) is 8.81. The minimum atomic E-state index is -4.50. The van der Waals surface area contributed by atoms with Crippen molar-refractivity contribution in [2.75, 3.05) is 44.3 Å². The lowest BCUT2D eigenvalue weighted by Gasteiger charge is -2.32. The number of likely N-dealkylation sites (tertiary alicyclic amines) is 1. The molecule has 0 atom stereocenters. The number of morpholine rings is 1. The van der Waals surface area contributed by atoms with Crippen LogP contribution in [0.4, 0.5) is 19.0 Å². The Morgan fingerprint density at radius 2 is 1.88 bits per heavy atom. The number of anilines is 1. The van der Waals surface area contributed by atoms with Gasteiger partial charge in [0.25, 0.3) is 0 Å². The molecule has 2 saturated heterocycles. The van der Waals surface area contributed by atoms with Crippen LogP contribution in [0.15, 0.2) is 42.9 Å². The Balaban J connectivity index is 1.16. The van der Waals surface area contributed by atoms with Crippen molar-refractivity contribution in [1.29, 1.82) is 0 Å². The van der Waals surface area contributed by atoms with E-state index in [9.17, 15) is 13.2 Å². The fourth-order valence-electron chi connectivity index (χ4n) is 5.72. The Morgan fingerprint density at radius 1 is 1.05 bits per heavy atom. The summed E-state index contributed by atoms with van der Waals surface area (Å²) in [5.74, 6) is 0.702. The molecular weight excluding hydrogens is 541 g/mol. The summed E-state index contributed by atoms with van der Waals surface area (Å²) >= 11 is 1.70. The van der Waals surface area contributed by atoms with Crippen molar-refractivity contribution < 1.29 is 17.9 Å². The van der Waals surface area contributed by atoms with Crippen LogP contribution < -0.4 is 4.90 Å². The number of aromatic amines is 1. The van der Waals surface area contributed by atoms with Gasteiger partial charge in [0.2, 0.25) is 5.82 Å². The smallest absolute Gasteiger partial charge is 0.378 e. The molecule has 2 aliphatic heterocycles. The predicted octanol–water partition coefficient (Wildman–Crippen LogP) is 5.12. The Kier molecular flexibility index (Phi) is 6.44. The van der Waals surface area contributed by atoms with Crippen LogP contribution in [0.25, 0.3) is 32.5 Å². The number of fused-ring (bicyclic) bond motifs is 2. The third kappa shape index (κ3) is 4.71. The van der Waals surface area contributed by atoms with E-state index < -0.39 is 12.0 Å². The van der Waals surface area contributed by atoms with E-state index in [0.717, 1.165) is 50.5 Å². The molecule has 0 amide bonds. The molecule has 0 bridgehead atoms. The second-order valence-electron chi connectivity index (χ2n) is 10.2. The first kappa shape index (κ1) is 25.4. The van der Waals surface area contributed by atoms with E-state index in [0.29, 0.717) is 51.5 Å². The molecule has 208 valence electrons. The van der Waals surface area contributed by atoms with Crippen LogP contribution in [0, 0.1) is 0 Å². The molecule has 0 unspecified atom stereocenters. The summed E-state index contributed by atoms with van der Waals surface area (Å²) in [5.41, 5.74) is 2.93. The quantitative estimate of drug-likeness (QED) is 0.315. The van der Waals surface area contributed by atoms with Gasteiger partial charge in [0.15, 0.2) is 11.6 Å². The van der Waals surface area contributed by atoms with Crippen molar-refractivity contribution in [3.63, 3.8) is 0 Å². The van der Waals surface area contributed by atoms with E-state index in [1.165, 1.54) is 10.9 Å². The topological polar surface area (TPSA) is 88.0 Å². The summed E-state index contributed by atoms with van der Waals surface area (Å²) in [6.45, 7) is 4.95. The molecular formula is C27H27F3N8OS. The van der Waals surface area contributed by atoms with E-state index in [1.54, 1.807) is 11.3 Å². The number of aromatic nitrogens is 6. The zero-order chi connectivity index (χ0) is 27.3. The van der Waals surface area contributed by atoms with Crippen molar-refractivity contribution in [2.45, 2.75) is 31.6 Å². The number of hydrogen-bond acceptors (Lipinski definition) is 8. The van der Waals surface area contributed by atoms with E-state index in [-0.39, 0.29) is 6.04 Å². The number of benzene rings is 1. The van der Waals surface area contributed by atoms with Gasteiger partial charge in [0.05, 0.1) is 23.4 Å². The molecule has 1 aromatic carbocycles. The molecule has 0 spiro atoms. The second kappa shape index (κ2) is 10.1. The molecule has 2 fully saturated rings. The number of nitrogens with one attached hydrogen (secondary N) is 1. The number of rotatable bonds is 5. The van der Waals surface area contributed by atoms with E-state index in [1.807, 2.05) is 24.4 Å². The predicted molar refractivity (Wildman–Crippen MR) is 146 cm³/mol. The fourth-order valence-corrected chi connectivity index (χ4v) is 6.88. The molecule has 40 heavy (non-hydrogen) atoms. The van der Waals surface area contributed by atoms with Crippen molar-refractivity contribution in [1.82, 2.24) is 34.6 Å². The molecule has 7 rings (SSSR count). The van der Waals surface area contributed by atoms with Gasteiger partial charge in [-0.1, -0.05) is 12.1 Å². The Hall–Kier alpha value is -3.55. The van der Waals surface area contributed by atoms with E-state index in [2.05, 4.69) is 37.1 Å². The van der Waals surface area contributed by atoms with Gasteiger partial charge >= 0.3 is 6.18 Å². The number of halogens is 3. The molecule has 0 saturated carbocycles. The highest BCUT2D eigenvalue weighted by Gasteiger charge is 2.39. The summed E-state index contributed by atoms with van der Waals surface area (Å²) in [5, 5.41) is 7.91. The first-order valence-corrected chi connectivity index (χ1v) is 14.1. The summed E-state index contributed by atoms with van der Waals surface area (Å²) in [4.78, 5) is 19.1. The maximum Gasteiger partial charge on any atom is 0.451 e. The summed E-state index contributed by atoms with van der Waals surface area (Å²) < 4.78 is 47.8. The molecule has 0 radical (unpaired) electrons. The summed E-state index contributed by atoms with van der Waals surface area (Å²) in [6.07, 6.45) is -0.165. The lowest BCUT2D eigenvalue weighted by molar-refractivity contribution is -0.148. The minimum absolute atomic E-state index is 0.261. The van der Waals surface area contributed by atoms with Crippen LogP contribution in [0.2, 0.25) is 0 Å². The number of ether oxygens (including phenoxy) is 1. The Bertz CT molecular complexity index is 1650. The highest BCUT2D eigenvalue weighted by molar-refractivity contribution is 7.19. The van der Waals surface area contributed by atoms with Gasteiger partial charge in [-0.25, -0.2) is 9.97 Å². The van der Waals surface area contributed by atoms with E-state index in [4.69, 9.17) is 14.7 Å². The molecule has 6 heterocycles. The molecule has 5 aromatic rings. The lowest BCUT2D eigenvalue weighted by Crippen LogP contribution is -2.36. The SMILES string of the molecule is FC(F)(F)c1nncn1C1CCN(Cc2cc3nc(-c4cccc5[nH]ccc45)nc(N4CCOCC4)c3s2)CC1. The van der Waals surface area contributed by atoms with Gasteiger partial charge in [-0.2, -0.15) is 13.2 Å². The van der Waals surface area contributed by atoms with Crippen LogP contribution in [-0.2, 0) is 17.5 Å². The maximum absolute atomic E-state index is 13.3. The van der Waals surface area contributed by atoms with Crippen molar-refractivity contribution in [2.24, 2.45) is 0 Å². The summed E-state index contributed by atoms with van der Waals surface area (Å²) in [6, 6.07) is 10.0. The van der Waals surface area contributed by atoms with Crippen LogP contribution in [0.5, 0.6) is 0 Å². The molecule has 1 N–H and O–H groups in total. The number of nitrogens with zero attached hydrogens (tertiary/aromatic N) is 7. The Labute approximate surface area is 231 Å². The van der Waals surface area contributed by atoms with Gasteiger partial charge in [0.1, 0.15) is 6.33 Å². The van der Waals surface area contributed by atoms with Crippen LogP contribution in [-0.4, -0.2) is 74.0 Å². The lowest BCUT2D eigenvalue weighted by atomic mass is 10.0. The third-order valence-electron chi connectivity index (χ3n) is 7.71. The normalized spacial score (nSPS) is 17.8. The van der Waals surface area contributed by atoms with Crippen LogP contribution in [0.1, 0.15) is 29.6 Å². The van der Waals surface area contributed by atoms with Gasteiger partial charge in [-0.15, -0.1) is 21.5 Å². The number of piperidine rings is 1. The maximum atomic E-state index is 13.3. The molecule has 4 aromatic heterocycles. The highest BCUT2D eigenvalue weighted by atomic mass is 32.1. The average molecular weight is 569 g/mol. The largest absolute Gasteiger partial charge is 0.451 e. The number of alkyl halides is 3. The minimum Gasteiger partial charge on any atom is -0.378 e. The van der Waals surface area contributed by atoms with Gasteiger partial charge < -0.3 is 19.2 Å². The van der Waals surface area contributed by atoms with Gasteiger partial charge in [0, 0.05) is 66.3 Å². The monoisotopic (exact) mass is 568 g/mol. The first-order valence-electron chi connectivity index (χ1n) is 13.3. The van der Waals surface area contributed by atoms with Gasteiger partial charge in [-0.05, 0) is 31.0 Å².